The number of ether oxygens (including phenoxy) is 1. The molecule has 102 valence electrons. The lowest BCUT2D eigenvalue weighted by molar-refractivity contribution is -0.212. The fraction of sp³-hybridized carbons (Fsp3) is 0.938. The second-order valence-electron chi connectivity index (χ2n) is 6.84. The average Bonchev–Trinajstić information content (AvgIpc) is 2.35. The van der Waals surface area contributed by atoms with Crippen molar-refractivity contribution in [2.45, 2.75) is 70.8 Å². The monoisotopic (exact) mass is 250 g/mol. The van der Waals surface area contributed by atoms with Gasteiger partial charge >= 0.3 is 5.97 Å². The molecule has 0 unspecified atom stereocenters. The van der Waals surface area contributed by atoms with E-state index in [1.54, 1.807) is 0 Å². The number of esters is 1. The standard InChI is InChI=1S/C16H26O2/c1-3-5-16(18-15(17)4-2)13-7-11-6-12(9-13)10-14(16)8-11/h11-14H,3-10H2,1-2H3. The third kappa shape index (κ3) is 1.80. The normalized spacial score (nSPS) is 45.2. The molecule has 0 N–H and O–H groups in total. The lowest BCUT2D eigenvalue weighted by Crippen LogP contribution is -2.59. The molecule has 0 heterocycles. The maximum Gasteiger partial charge on any atom is 0.306 e. The quantitative estimate of drug-likeness (QED) is 0.707. The van der Waals surface area contributed by atoms with Gasteiger partial charge in [0, 0.05) is 6.42 Å². The number of carbonyl (C=O) groups excluding carboxylic acids is 1. The molecule has 4 rings (SSSR count). The molecule has 0 saturated heterocycles. The summed E-state index contributed by atoms with van der Waals surface area (Å²) in [6, 6.07) is 0. The minimum Gasteiger partial charge on any atom is -0.458 e. The van der Waals surface area contributed by atoms with Crippen LogP contribution >= 0.6 is 0 Å². The Kier molecular flexibility index (Phi) is 3.15. The Bertz CT molecular complexity index is 306. The Morgan fingerprint density at radius 3 is 2.06 bits per heavy atom. The van der Waals surface area contributed by atoms with E-state index in [1.165, 1.54) is 32.1 Å². The van der Waals surface area contributed by atoms with Crippen molar-refractivity contribution >= 4 is 5.97 Å². The predicted molar refractivity (Wildman–Crippen MR) is 71.1 cm³/mol. The molecule has 4 aliphatic rings. The first-order valence-electron chi connectivity index (χ1n) is 7.89. The minimum atomic E-state index is -0.0741. The van der Waals surface area contributed by atoms with Crippen molar-refractivity contribution in [1.29, 1.82) is 0 Å². The summed E-state index contributed by atoms with van der Waals surface area (Å²) in [5.41, 5.74) is -0.0741. The summed E-state index contributed by atoms with van der Waals surface area (Å²) in [5.74, 6) is 3.25. The van der Waals surface area contributed by atoms with Gasteiger partial charge in [0.15, 0.2) is 0 Å². The highest BCUT2D eigenvalue weighted by atomic mass is 16.6. The zero-order valence-electron chi connectivity index (χ0n) is 11.8. The maximum atomic E-state index is 11.9. The number of rotatable bonds is 4. The van der Waals surface area contributed by atoms with Gasteiger partial charge in [-0.25, -0.2) is 0 Å². The van der Waals surface area contributed by atoms with Crippen molar-refractivity contribution in [3.63, 3.8) is 0 Å². The van der Waals surface area contributed by atoms with Crippen molar-refractivity contribution in [3.05, 3.63) is 0 Å². The van der Waals surface area contributed by atoms with Crippen molar-refractivity contribution in [3.8, 4) is 0 Å². The van der Waals surface area contributed by atoms with Gasteiger partial charge in [-0.2, -0.15) is 0 Å². The van der Waals surface area contributed by atoms with Crippen LogP contribution in [0.3, 0.4) is 0 Å². The van der Waals surface area contributed by atoms with E-state index in [4.69, 9.17) is 4.74 Å². The fourth-order valence-electron chi connectivity index (χ4n) is 5.28. The summed E-state index contributed by atoms with van der Waals surface area (Å²) >= 11 is 0. The van der Waals surface area contributed by atoms with Crippen LogP contribution in [0.25, 0.3) is 0 Å². The van der Waals surface area contributed by atoms with Crippen LogP contribution in [0.2, 0.25) is 0 Å². The molecule has 4 aliphatic carbocycles. The third-order valence-corrected chi connectivity index (χ3v) is 5.75. The number of carbonyl (C=O) groups is 1. The molecule has 0 atom stereocenters. The van der Waals surface area contributed by atoms with Crippen LogP contribution in [0.15, 0.2) is 0 Å². The van der Waals surface area contributed by atoms with Crippen molar-refractivity contribution in [2.24, 2.45) is 23.7 Å². The molecule has 0 radical (unpaired) electrons. The first-order valence-corrected chi connectivity index (χ1v) is 7.89. The summed E-state index contributed by atoms with van der Waals surface area (Å²) in [7, 11) is 0. The third-order valence-electron chi connectivity index (χ3n) is 5.75. The fourth-order valence-corrected chi connectivity index (χ4v) is 5.28. The molecule has 0 aromatic rings. The van der Waals surface area contributed by atoms with Crippen molar-refractivity contribution in [1.82, 2.24) is 0 Å². The molecule has 0 spiro atoms. The summed E-state index contributed by atoms with van der Waals surface area (Å²) < 4.78 is 6.07. The lowest BCUT2D eigenvalue weighted by Gasteiger charge is -2.60. The molecular formula is C16H26O2. The topological polar surface area (TPSA) is 26.3 Å². The van der Waals surface area contributed by atoms with Gasteiger partial charge in [0.05, 0.1) is 0 Å². The molecule has 4 saturated carbocycles. The second-order valence-corrected chi connectivity index (χ2v) is 6.84. The van der Waals surface area contributed by atoms with E-state index in [9.17, 15) is 4.79 Å². The van der Waals surface area contributed by atoms with E-state index >= 15 is 0 Å². The summed E-state index contributed by atoms with van der Waals surface area (Å²) in [6.07, 6.45) is 9.50. The Morgan fingerprint density at radius 2 is 1.61 bits per heavy atom. The number of hydrogen-bond acceptors (Lipinski definition) is 2. The zero-order valence-corrected chi connectivity index (χ0v) is 11.8. The van der Waals surface area contributed by atoms with E-state index in [2.05, 4.69) is 6.92 Å². The average molecular weight is 250 g/mol. The molecular weight excluding hydrogens is 224 g/mol. The summed E-state index contributed by atoms with van der Waals surface area (Å²) in [6.45, 7) is 4.14. The summed E-state index contributed by atoms with van der Waals surface area (Å²) in [4.78, 5) is 11.9. The van der Waals surface area contributed by atoms with Crippen molar-refractivity contribution in [2.75, 3.05) is 0 Å². The first kappa shape index (κ1) is 12.5. The summed E-state index contributed by atoms with van der Waals surface area (Å²) in [5, 5.41) is 0. The largest absolute Gasteiger partial charge is 0.458 e. The number of hydrogen-bond donors (Lipinski definition) is 0. The van der Waals surface area contributed by atoms with Gasteiger partial charge in [-0.1, -0.05) is 20.3 Å². The van der Waals surface area contributed by atoms with Crippen molar-refractivity contribution < 1.29 is 9.53 Å². The molecule has 0 aromatic heterocycles. The molecule has 2 nitrogen and oxygen atoms in total. The highest BCUT2D eigenvalue weighted by molar-refractivity contribution is 5.69. The van der Waals surface area contributed by atoms with E-state index in [0.29, 0.717) is 18.3 Å². The van der Waals surface area contributed by atoms with Crippen LogP contribution in [-0.2, 0) is 9.53 Å². The molecule has 0 aliphatic heterocycles. The van der Waals surface area contributed by atoms with Gasteiger partial charge in [0.25, 0.3) is 0 Å². The lowest BCUT2D eigenvalue weighted by atomic mass is 9.49. The molecule has 4 fully saturated rings. The van der Waals surface area contributed by atoms with Gasteiger partial charge in [-0.05, 0) is 62.2 Å². The van der Waals surface area contributed by atoms with Gasteiger partial charge in [-0.15, -0.1) is 0 Å². The van der Waals surface area contributed by atoms with E-state index in [1.807, 2.05) is 6.92 Å². The van der Waals surface area contributed by atoms with Gasteiger partial charge in [-0.3, -0.25) is 4.79 Å². The van der Waals surface area contributed by atoms with Crippen LogP contribution in [0.1, 0.15) is 65.2 Å². The van der Waals surface area contributed by atoms with E-state index < -0.39 is 0 Å². The highest BCUT2D eigenvalue weighted by Gasteiger charge is 2.58. The van der Waals surface area contributed by atoms with Crippen LogP contribution < -0.4 is 0 Å². The van der Waals surface area contributed by atoms with Crippen LogP contribution in [0.4, 0.5) is 0 Å². The SMILES string of the molecule is CCCC1(OC(=O)CC)C2CC3CC(C2)CC1C3. The van der Waals surface area contributed by atoms with Crippen LogP contribution in [0.5, 0.6) is 0 Å². The Balaban J connectivity index is 1.86. The first-order chi connectivity index (χ1) is 8.68. The Morgan fingerprint density at radius 1 is 1.06 bits per heavy atom. The smallest absolute Gasteiger partial charge is 0.306 e. The Hall–Kier alpha value is -0.530. The minimum absolute atomic E-state index is 0.0240. The predicted octanol–water partition coefficient (Wildman–Crippen LogP) is 3.93. The van der Waals surface area contributed by atoms with Gasteiger partial charge in [0.1, 0.15) is 5.60 Å². The van der Waals surface area contributed by atoms with E-state index in [-0.39, 0.29) is 11.6 Å². The van der Waals surface area contributed by atoms with Gasteiger partial charge < -0.3 is 4.74 Å². The van der Waals surface area contributed by atoms with Crippen LogP contribution in [-0.4, -0.2) is 11.6 Å². The van der Waals surface area contributed by atoms with E-state index in [0.717, 1.165) is 24.7 Å². The molecule has 18 heavy (non-hydrogen) atoms. The zero-order chi connectivity index (χ0) is 12.8. The molecule has 4 bridgehead atoms. The van der Waals surface area contributed by atoms with Gasteiger partial charge in [0.2, 0.25) is 0 Å². The highest BCUT2D eigenvalue weighted by Crippen LogP contribution is 2.60. The molecule has 0 amide bonds. The van der Waals surface area contributed by atoms with Crippen LogP contribution in [0, 0.1) is 23.7 Å². The Labute approximate surface area is 110 Å². The molecule has 0 aromatic carbocycles. The second kappa shape index (κ2) is 4.54. The maximum absolute atomic E-state index is 11.9. The molecule has 2 heteroatoms.